The van der Waals surface area contributed by atoms with Crippen LogP contribution in [0.4, 0.5) is 5.69 Å². The van der Waals surface area contributed by atoms with E-state index < -0.39 is 0 Å². The molecule has 2 aromatic heterocycles. The number of anilines is 1. The Balaban J connectivity index is 1.14. The van der Waals surface area contributed by atoms with Crippen molar-refractivity contribution in [3.63, 3.8) is 0 Å². The van der Waals surface area contributed by atoms with E-state index in [-0.39, 0.29) is 0 Å². The molecule has 0 spiro atoms. The van der Waals surface area contributed by atoms with Gasteiger partial charge in [-0.2, -0.15) is 0 Å². The quantitative estimate of drug-likeness (QED) is 0.315. The second-order valence-corrected chi connectivity index (χ2v) is 7.78. The molecule has 1 fully saturated rings. The first-order valence-corrected chi connectivity index (χ1v) is 11.1. The van der Waals surface area contributed by atoms with Gasteiger partial charge in [-0.05, 0) is 49.4 Å². The summed E-state index contributed by atoms with van der Waals surface area (Å²) in [7, 11) is 3.49. The SMILES string of the molecule is CN=C(NCCCN1CCN(c2ccc(OC)cc2)CC1)NCc1nnc2ccccn12. The highest BCUT2D eigenvalue weighted by molar-refractivity contribution is 5.79. The van der Waals surface area contributed by atoms with Gasteiger partial charge < -0.3 is 20.3 Å². The van der Waals surface area contributed by atoms with E-state index in [1.807, 2.05) is 40.9 Å². The smallest absolute Gasteiger partial charge is 0.191 e. The fraction of sp³-hybridized carbons (Fsp3) is 0.435. The van der Waals surface area contributed by atoms with Crippen LogP contribution in [-0.4, -0.2) is 78.9 Å². The Labute approximate surface area is 189 Å². The maximum absolute atomic E-state index is 5.25. The molecule has 0 atom stereocenters. The number of pyridine rings is 1. The number of aliphatic imine (C=N–C) groups is 1. The van der Waals surface area contributed by atoms with E-state index in [1.165, 1.54) is 5.69 Å². The fourth-order valence-corrected chi connectivity index (χ4v) is 3.93. The van der Waals surface area contributed by atoms with Gasteiger partial charge in [0.05, 0.1) is 13.7 Å². The van der Waals surface area contributed by atoms with Crippen LogP contribution in [0.25, 0.3) is 5.65 Å². The largest absolute Gasteiger partial charge is 0.497 e. The van der Waals surface area contributed by atoms with Crippen LogP contribution >= 0.6 is 0 Å². The molecule has 0 saturated carbocycles. The summed E-state index contributed by atoms with van der Waals surface area (Å²) in [6.45, 7) is 6.79. The van der Waals surface area contributed by atoms with Crippen LogP contribution in [0.3, 0.4) is 0 Å². The Morgan fingerprint density at radius 3 is 2.59 bits per heavy atom. The van der Waals surface area contributed by atoms with E-state index in [0.29, 0.717) is 6.54 Å². The van der Waals surface area contributed by atoms with Crippen LogP contribution in [0.1, 0.15) is 12.2 Å². The standard InChI is InChI=1S/C23H32N8O/c1-24-23(26-18-22-28-27-21-6-3-4-13-31(21)22)25-11-5-12-29-14-16-30(17-15-29)19-7-9-20(32-2)10-8-19/h3-4,6-10,13H,5,11-12,14-18H2,1-2H3,(H2,24,25,26). The lowest BCUT2D eigenvalue weighted by Crippen LogP contribution is -2.47. The number of benzene rings is 1. The zero-order valence-electron chi connectivity index (χ0n) is 18.9. The number of methoxy groups -OCH3 is 1. The average molecular weight is 437 g/mol. The van der Waals surface area contributed by atoms with Crippen molar-refractivity contribution in [3.8, 4) is 5.75 Å². The van der Waals surface area contributed by atoms with Gasteiger partial charge in [-0.1, -0.05) is 6.07 Å². The van der Waals surface area contributed by atoms with Crippen molar-refractivity contribution in [2.75, 3.05) is 58.3 Å². The van der Waals surface area contributed by atoms with Crippen LogP contribution in [0.2, 0.25) is 0 Å². The predicted molar refractivity (Wildman–Crippen MR) is 127 cm³/mol. The van der Waals surface area contributed by atoms with E-state index in [0.717, 1.165) is 68.9 Å². The van der Waals surface area contributed by atoms with Crippen LogP contribution in [0.15, 0.2) is 53.7 Å². The number of rotatable bonds is 8. The first kappa shape index (κ1) is 21.9. The molecule has 1 aliphatic heterocycles. The summed E-state index contributed by atoms with van der Waals surface area (Å²) in [5.41, 5.74) is 2.11. The average Bonchev–Trinajstić information content (AvgIpc) is 3.27. The van der Waals surface area contributed by atoms with E-state index in [9.17, 15) is 0 Å². The molecule has 0 amide bonds. The lowest BCUT2D eigenvalue weighted by atomic mass is 10.2. The van der Waals surface area contributed by atoms with Crippen LogP contribution in [0.5, 0.6) is 5.75 Å². The summed E-state index contributed by atoms with van der Waals surface area (Å²) in [6, 6.07) is 14.2. The monoisotopic (exact) mass is 436 g/mol. The number of piperazine rings is 1. The number of aromatic nitrogens is 3. The van der Waals surface area contributed by atoms with Crippen LogP contribution in [0, 0.1) is 0 Å². The highest BCUT2D eigenvalue weighted by Crippen LogP contribution is 2.20. The van der Waals surface area contributed by atoms with Crippen molar-refractivity contribution in [1.82, 2.24) is 30.1 Å². The highest BCUT2D eigenvalue weighted by Gasteiger charge is 2.16. The van der Waals surface area contributed by atoms with Gasteiger partial charge in [-0.15, -0.1) is 10.2 Å². The van der Waals surface area contributed by atoms with Crippen molar-refractivity contribution < 1.29 is 4.74 Å². The lowest BCUT2D eigenvalue weighted by Gasteiger charge is -2.36. The molecule has 2 N–H and O–H groups in total. The van der Waals surface area contributed by atoms with Gasteiger partial charge in [-0.3, -0.25) is 14.3 Å². The summed E-state index contributed by atoms with van der Waals surface area (Å²) >= 11 is 0. The minimum Gasteiger partial charge on any atom is -0.497 e. The van der Waals surface area contributed by atoms with Gasteiger partial charge >= 0.3 is 0 Å². The Kier molecular flexibility index (Phi) is 7.39. The van der Waals surface area contributed by atoms with E-state index in [1.54, 1.807) is 14.2 Å². The van der Waals surface area contributed by atoms with Crippen molar-refractivity contribution >= 4 is 17.3 Å². The third-order valence-electron chi connectivity index (χ3n) is 5.78. The zero-order chi connectivity index (χ0) is 22.2. The minimum atomic E-state index is 0.568. The van der Waals surface area contributed by atoms with Gasteiger partial charge in [0.1, 0.15) is 5.75 Å². The first-order valence-electron chi connectivity index (χ1n) is 11.1. The van der Waals surface area contributed by atoms with Crippen LogP contribution < -0.4 is 20.3 Å². The first-order chi connectivity index (χ1) is 15.8. The van der Waals surface area contributed by atoms with Crippen molar-refractivity contribution in [2.45, 2.75) is 13.0 Å². The molecule has 1 aromatic carbocycles. The Bertz CT molecular complexity index is 1010. The fourth-order valence-electron chi connectivity index (χ4n) is 3.93. The van der Waals surface area contributed by atoms with E-state index in [4.69, 9.17) is 4.74 Å². The summed E-state index contributed by atoms with van der Waals surface area (Å²) in [4.78, 5) is 9.28. The maximum Gasteiger partial charge on any atom is 0.191 e. The van der Waals surface area contributed by atoms with Crippen LogP contribution in [-0.2, 0) is 6.54 Å². The Hall–Kier alpha value is -3.33. The molecule has 1 aliphatic rings. The van der Waals surface area contributed by atoms with Gasteiger partial charge in [0.25, 0.3) is 0 Å². The van der Waals surface area contributed by atoms with Gasteiger partial charge in [0, 0.05) is 51.7 Å². The number of nitrogens with one attached hydrogen (secondary N) is 2. The van der Waals surface area contributed by atoms with Crippen molar-refractivity contribution in [1.29, 1.82) is 0 Å². The lowest BCUT2D eigenvalue weighted by molar-refractivity contribution is 0.255. The summed E-state index contributed by atoms with van der Waals surface area (Å²) < 4.78 is 7.23. The molecule has 9 nitrogen and oxygen atoms in total. The second-order valence-electron chi connectivity index (χ2n) is 7.78. The summed E-state index contributed by atoms with van der Waals surface area (Å²) in [6.07, 6.45) is 3.04. The molecule has 9 heteroatoms. The number of hydrogen-bond donors (Lipinski definition) is 2. The van der Waals surface area contributed by atoms with Crippen molar-refractivity contribution in [2.24, 2.45) is 4.99 Å². The van der Waals surface area contributed by atoms with E-state index in [2.05, 4.69) is 47.8 Å². The molecule has 0 radical (unpaired) electrons. The molecule has 0 unspecified atom stereocenters. The normalized spacial score (nSPS) is 15.2. The number of ether oxygens (including phenoxy) is 1. The minimum absolute atomic E-state index is 0.568. The molecule has 0 bridgehead atoms. The third kappa shape index (κ3) is 5.47. The Morgan fingerprint density at radius 2 is 1.84 bits per heavy atom. The molecule has 0 aliphatic carbocycles. The van der Waals surface area contributed by atoms with Gasteiger partial charge in [0.2, 0.25) is 0 Å². The number of nitrogens with zero attached hydrogens (tertiary/aromatic N) is 6. The molecule has 3 aromatic rings. The zero-order valence-corrected chi connectivity index (χ0v) is 18.9. The highest BCUT2D eigenvalue weighted by atomic mass is 16.5. The van der Waals surface area contributed by atoms with Gasteiger partial charge in [0.15, 0.2) is 17.4 Å². The third-order valence-corrected chi connectivity index (χ3v) is 5.78. The maximum atomic E-state index is 5.25. The Morgan fingerprint density at radius 1 is 1.03 bits per heavy atom. The topological polar surface area (TPSA) is 82.3 Å². The summed E-state index contributed by atoms with van der Waals surface area (Å²) in [5.74, 6) is 2.54. The molecule has 4 rings (SSSR count). The van der Waals surface area contributed by atoms with Gasteiger partial charge in [-0.25, -0.2) is 0 Å². The number of fused-ring (bicyclic) bond motifs is 1. The molecular weight excluding hydrogens is 404 g/mol. The number of hydrogen-bond acceptors (Lipinski definition) is 6. The molecule has 1 saturated heterocycles. The number of guanidine groups is 1. The second kappa shape index (κ2) is 10.8. The summed E-state index contributed by atoms with van der Waals surface area (Å²) in [5, 5.41) is 15.1. The van der Waals surface area contributed by atoms with E-state index >= 15 is 0 Å². The molecule has 170 valence electrons. The molecule has 32 heavy (non-hydrogen) atoms. The molecule has 3 heterocycles. The molecular formula is C23H32N8O. The van der Waals surface area contributed by atoms with Crippen molar-refractivity contribution in [3.05, 3.63) is 54.5 Å². The predicted octanol–water partition coefficient (Wildman–Crippen LogP) is 1.62.